The summed E-state index contributed by atoms with van der Waals surface area (Å²) in [6.07, 6.45) is 0. The maximum Gasteiger partial charge on any atom is 0.355 e. The number of ether oxygens (including phenoxy) is 1. The molecule has 0 amide bonds. The quantitative estimate of drug-likeness (QED) is 0.474. The second kappa shape index (κ2) is 6.98. The third kappa shape index (κ3) is 3.30. The summed E-state index contributed by atoms with van der Waals surface area (Å²) in [5.74, 6) is 0.0129. The fourth-order valence-electron chi connectivity index (χ4n) is 2.60. The Kier molecular flexibility index (Phi) is 4.37. The van der Waals surface area contributed by atoms with Crippen molar-refractivity contribution >= 4 is 17.3 Å². The highest BCUT2D eigenvalue weighted by Gasteiger charge is 2.17. The minimum Gasteiger partial charge on any atom is -0.403 e. The molecule has 0 atom stereocenters. The highest BCUT2D eigenvalue weighted by molar-refractivity contribution is 7.12. The number of rotatable bonds is 4. The van der Waals surface area contributed by atoms with Crippen LogP contribution in [0, 0.1) is 6.92 Å². The van der Waals surface area contributed by atoms with Crippen LogP contribution in [0.15, 0.2) is 78.2 Å². The van der Waals surface area contributed by atoms with Gasteiger partial charge >= 0.3 is 5.97 Å². The molecule has 2 aromatic carbocycles. The molecule has 0 saturated carbocycles. The molecule has 0 fully saturated rings. The van der Waals surface area contributed by atoms with E-state index in [0.717, 1.165) is 22.5 Å². The van der Waals surface area contributed by atoms with Crippen LogP contribution in [0.3, 0.4) is 0 Å². The largest absolute Gasteiger partial charge is 0.403 e. The number of hydrogen-bond acceptors (Lipinski definition) is 4. The molecule has 0 unspecified atom stereocenters. The molecule has 5 heteroatoms. The Labute approximate surface area is 155 Å². The predicted molar refractivity (Wildman–Crippen MR) is 103 cm³/mol. The van der Waals surface area contributed by atoms with Gasteiger partial charge in [-0.05, 0) is 30.5 Å². The van der Waals surface area contributed by atoms with Gasteiger partial charge in [0.05, 0.1) is 11.4 Å². The number of nitrogens with zero attached hydrogens (tertiary/aromatic N) is 2. The van der Waals surface area contributed by atoms with E-state index in [-0.39, 0.29) is 5.97 Å². The molecule has 4 nitrogen and oxygen atoms in total. The van der Waals surface area contributed by atoms with Crippen LogP contribution in [0.5, 0.6) is 5.88 Å². The third-order valence-corrected chi connectivity index (χ3v) is 4.79. The summed E-state index contributed by atoms with van der Waals surface area (Å²) in [4.78, 5) is 13.0. The zero-order valence-corrected chi connectivity index (χ0v) is 14.9. The van der Waals surface area contributed by atoms with Gasteiger partial charge in [0.2, 0.25) is 5.88 Å². The Morgan fingerprint density at radius 2 is 1.77 bits per heavy atom. The van der Waals surface area contributed by atoms with Crippen LogP contribution >= 0.6 is 11.3 Å². The van der Waals surface area contributed by atoms with Gasteiger partial charge in [-0.1, -0.05) is 54.1 Å². The number of carbonyl (C=O) groups is 1. The van der Waals surface area contributed by atoms with Crippen LogP contribution in [-0.4, -0.2) is 15.7 Å². The number of benzene rings is 2. The normalized spacial score (nSPS) is 10.7. The summed E-state index contributed by atoms with van der Waals surface area (Å²) in [6, 6.07) is 23.1. The first kappa shape index (κ1) is 16.3. The minimum atomic E-state index is -0.382. The molecule has 0 aliphatic heterocycles. The molecule has 2 aromatic heterocycles. The molecule has 2 heterocycles. The van der Waals surface area contributed by atoms with Crippen LogP contribution in [0.1, 0.15) is 15.2 Å². The van der Waals surface area contributed by atoms with E-state index in [1.54, 1.807) is 16.8 Å². The third-order valence-electron chi connectivity index (χ3n) is 3.94. The monoisotopic (exact) mass is 360 g/mol. The summed E-state index contributed by atoms with van der Waals surface area (Å²) < 4.78 is 7.31. The standard InChI is InChI=1S/C21H16N2O2S/c1-15-9-11-17(12-10-15)23-20(25-21(24)19-8-5-13-26-19)14-18(22-23)16-6-3-2-4-7-16/h2-14H,1H3. The summed E-state index contributed by atoms with van der Waals surface area (Å²) in [7, 11) is 0. The van der Waals surface area contributed by atoms with Crippen molar-refractivity contribution < 1.29 is 9.53 Å². The van der Waals surface area contributed by atoms with Gasteiger partial charge in [0.25, 0.3) is 0 Å². The van der Waals surface area contributed by atoms with Gasteiger partial charge in [-0.3, -0.25) is 0 Å². The average molecular weight is 360 g/mol. The summed E-state index contributed by atoms with van der Waals surface area (Å²) in [6.45, 7) is 2.03. The van der Waals surface area contributed by atoms with Crippen LogP contribution in [0.25, 0.3) is 16.9 Å². The van der Waals surface area contributed by atoms with Crippen molar-refractivity contribution in [2.24, 2.45) is 0 Å². The van der Waals surface area contributed by atoms with Gasteiger partial charge in [-0.15, -0.1) is 11.3 Å². The molecule has 4 aromatic rings. The van der Waals surface area contributed by atoms with Crippen molar-refractivity contribution in [3.8, 4) is 22.8 Å². The van der Waals surface area contributed by atoms with E-state index < -0.39 is 0 Å². The lowest BCUT2D eigenvalue weighted by atomic mass is 10.2. The maximum absolute atomic E-state index is 12.4. The first-order valence-electron chi connectivity index (χ1n) is 8.19. The van der Waals surface area contributed by atoms with Gasteiger partial charge in [0, 0.05) is 11.6 Å². The van der Waals surface area contributed by atoms with Crippen LogP contribution in [-0.2, 0) is 0 Å². The Hall–Kier alpha value is -3.18. The van der Waals surface area contributed by atoms with Crippen molar-refractivity contribution in [2.45, 2.75) is 6.92 Å². The van der Waals surface area contributed by atoms with Crippen LogP contribution in [0.4, 0.5) is 0 Å². The molecule has 4 rings (SSSR count). The smallest absolute Gasteiger partial charge is 0.355 e. The number of esters is 1. The number of aromatic nitrogens is 2. The summed E-state index contributed by atoms with van der Waals surface area (Å²) in [5.41, 5.74) is 3.71. The second-order valence-electron chi connectivity index (χ2n) is 5.85. The van der Waals surface area contributed by atoms with E-state index in [0.29, 0.717) is 10.8 Å². The van der Waals surface area contributed by atoms with E-state index in [1.165, 1.54) is 11.3 Å². The molecular formula is C21H16N2O2S. The second-order valence-corrected chi connectivity index (χ2v) is 6.80. The fraction of sp³-hybridized carbons (Fsp3) is 0.0476. The zero-order chi connectivity index (χ0) is 17.9. The van der Waals surface area contributed by atoms with Gasteiger partial charge in [0.1, 0.15) is 4.88 Å². The van der Waals surface area contributed by atoms with E-state index in [2.05, 4.69) is 5.10 Å². The molecular weight excluding hydrogens is 344 g/mol. The van der Waals surface area contributed by atoms with E-state index >= 15 is 0 Å². The molecule has 0 aliphatic rings. The van der Waals surface area contributed by atoms with E-state index in [4.69, 9.17) is 4.74 Å². The van der Waals surface area contributed by atoms with Crippen molar-refractivity contribution in [1.29, 1.82) is 0 Å². The zero-order valence-electron chi connectivity index (χ0n) is 14.1. The van der Waals surface area contributed by atoms with Crippen molar-refractivity contribution in [3.05, 3.63) is 88.6 Å². The molecule has 0 radical (unpaired) electrons. The van der Waals surface area contributed by atoms with Crippen molar-refractivity contribution in [3.63, 3.8) is 0 Å². The number of thiophene rings is 1. The lowest BCUT2D eigenvalue weighted by Gasteiger charge is -2.07. The van der Waals surface area contributed by atoms with Crippen molar-refractivity contribution in [2.75, 3.05) is 0 Å². The molecule has 0 saturated heterocycles. The first-order chi connectivity index (χ1) is 12.7. The Morgan fingerprint density at radius 1 is 1.00 bits per heavy atom. The number of carbonyl (C=O) groups excluding carboxylic acids is 1. The average Bonchev–Trinajstić information content (AvgIpc) is 3.33. The highest BCUT2D eigenvalue weighted by Crippen LogP contribution is 2.27. The molecule has 128 valence electrons. The minimum absolute atomic E-state index is 0.382. The van der Waals surface area contributed by atoms with Crippen molar-refractivity contribution in [1.82, 2.24) is 9.78 Å². The Morgan fingerprint density at radius 3 is 2.46 bits per heavy atom. The van der Waals surface area contributed by atoms with E-state index in [9.17, 15) is 4.79 Å². The van der Waals surface area contributed by atoms with Gasteiger partial charge in [-0.2, -0.15) is 5.10 Å². The Bertz CT molecular complexity index is 1020. The number of aryl methyl sites for hydroxylation is 1. The highest BCUT2D eigenvalue weighted by atomic mass is 32.1. The van der Waals surface area contributed by atoms with Crippen LogP contribution < -0.4 is 4.74 Å². The molecule has 0 spiro atoms. The molecule has 26 heavy (non-hydrogen) atoms. The molecule has 0 bridgehead atoms. The first-order valence-corrected chi connectivity index (χ1v) is 9.07. The Balaban J connectivity index is 1.76. The number of hydrogen-bond donors (Lipinski definition) is 0. The maximum atomic E-state index is 12.4. The van der Waals surface area contributed by atoms with Gasteiger partial charge in [-0.25, -0.2) is 9.48 Å². The molecule has 0 N–H and O–H groups in total. The predicted octanol–water partition coefficient (Wildman–Crippen LogP) is 5.13. The summed E-state index contributed by atoms with van der Waals surface area (Å²) >= 11 is 1.35. The van der Waals surface area contributed by atoms with E-state index in [1.807, 2.05) is 73.0 Å². The SMILES string of the molecule is Cc1ccc(-n2nc(-c3ccccc3)cc2OC(=O)c2cccs2)cc1. The fourth-order valence-corrected chi connectivity index (χ4v) is 3.20. The lowest BCUT2D eigenvalue weighted by molar-refractivity contribution is 0.0728. The molecule has 0 aliphatic carbocycles. The lowest BCUT2D eigenvalue weighted by Crippen LogP contribution is -2.10. The van der Waals surface area contributed by atoms with Gasteiger partial charge in [0.15, 0.2) is 0 Å². The summed E-state index contributed by atoms with van der Waals surface area (Å²) in [5, 5.41) is 6.51. The topological polar surface area (TPSA) is 44.1 Å². The van der Waals surface area contributed by atoms with Crippen LogP contribution in [0.2, 0.25) is 0 Å². The van der Waals surface area contributed by atoms with Gasteiger partial charge < -0.3 is 4.74 Å².